The average molecular weight is 223 g/mol. The van der Waals surface area contributed by atoms with Crippen LogP contribution in [0.4, 0.5) is 5.69 Å². The van der Waals surface area contributed by atoms with Crippen molar-refractivity contribution in [3.8, 4) is 0 Å². The molecule has 0 aromatic carbocycles. The molecule has 4 nitrogen and oxygen atoms in total. The maximum absolute atomic E-state index is 5.94. The van der Waals surface area contributed by atoms with Crippen LogP contribution >= 0.6 is 0 Å². The first-order valence-corrected chi connectivity index (χ1v) is 5.80. The maximum atomic E-state index is 5.94. The van der Waals surface area contributed by atoms with Crippen molar-refractivity contribution in [1.82, 2.24) is 10.3 Å². The van der Waals surface area contributed by atoms with E-state index in [0.717, 1.165) is 37.4 Å². The molecule has 0 saturated heterocycles. The second kappa shape index (κ2) is 7.19. The molecule has 0 bridgehead atoms. The average Bonchev–Trinajstić information content (AvgIpc) is 2.29. The Labute approximate surface area is 97.2 Å². The van der Waals surface area contributed by atoms with Gasteiger partial charge in [0, 0.05) is 42.9 Å². The van der Waals surface area contributed by atoms with E-state index in [4.69, 9.17) is 10.5 Å². The molecule has 3 N–H and O–H groups in total. The molecule has 0 spiro atoms. The Hall–Kier alpha value is -1.13. The van der Waals surface area contributed by atoms with Gasteiger partial charge in [-0.25, -0.2) is 0 Å². The van der Waals surface area contributed by atoms with Gasteiger partial charge < -0.3 is 15.8 Å². The fourth-order valence-corrected chi connectivity index (χ4v) is 1.67. The van der Waals surface area contributed by atoms with Crippen LogP contribution in [0.15, 0.2) is 18.5 Å². The molecule has 1 atom stereocenters. The number of nitrogens with zero attached hydrogens (tertiary/aromatic N) is 1. The lowest BCUT2D eigenvalue weighted by Gasteiger charge is -2.19. The lowest BCUT2D eigenvalue weighted by molar-refractivity contribution is 0.136. The number of hydrogen-bond acceptors (Lipinski definition) is 4. The van der Waals surface area contributed by atoms with Gasteiger partial charge in [0.05, 0.1) is 0 Å². The molecule has 0 amide bonds. The number of aromatic nitrogens is 1. The number of anilines is 1. The van der Waals surface area contributed by atoms with Crippen LogP contribution in [-0.4, -0.2) is 24.7 Å². The molecule has 0 aliphatic rings. The fraction of sp³-hybridized carbons (Fsp3) is 0.583. The third-order valence-electron chi connectivity index (χ3n) is 2.47. The Morgan fingerprint density at radius 3 is 2.94 bits per heavy atom. The third-order valence-corrected chi connectivity index (χ3v) is 2.47. The van der Waals surface area contributed by atoms with Gasteiger partial charge in [0.15, 0.2) is 0 Å². The van der Waals surface area contributed by atoms with Gasteiger partial charge in [0.1, 0.15) is 0 Å². The summed E-state index contributed by atoms with van der Waals surface area (Å²) in [5.41, 5.74) is 7.78. The Morgan fingerprint density at radius 1 is 1.50 bits per heavy atom. The van der Waals surface area contributed by atoms with E-state index in [2.05, 4.69) is 17.2 Å². The number of nitrogens with one attached hydrogen (secondary N) is 1. The van der Waals surface area contributed by atoms with E-state index < -0.39 is 0 Å². The second-order valence-electron chi connectivity index (χ2n) is 3.60. The van der Waals surface area contributed by atoms with Crippen molar-refractivity contribution in [3.05, 3.63) is 24.0 Å². The highest BCUT2D eigenvalue weighted by Crippen LogP contribution is 2.21. The summed E-state index contributed by atoms with van der Waals surface area (Å²) in [7, 11) is 0. The minimum absolute atomic E-state index is 0.227. The smallest absolute Gasteiger partial charge is 0.0484 e. The second-order valence-corrected chi connectivity index (χ2v) is 3.60. The number of nitrogens with two attached hydrogens (primary N) is 1. The first-order valence-electron chi connectivity index (χ1n) is 5.80. The van der Waals surface area contributed by atoms with Crippen LogP contribution < -0.4 is 11.1 Å². The predicted octanol–water partition coefficient (Wildman–Crippen LogP) is 1.74. The van der Waals surface area contributed by atoms with E-state index >= 15 is 0 Å². The summed E-state index contributed by atoms with van der Waals surface area (Å²) in [6.45, 7) is 6.48. The van der Waals surface area contributed by atoms with Gasteiger partial charge in [0.25, 0.3) is 0 Å². The molecule has 0 aliphatic heterocycles. The van der Waals surface area contributed by atoms with Crippen LogP contribution in [0.3, 0.4) is 0 Å². The summed E-state index contributed by atoms with van der Waals surface area (Å²) in [6, 6.07) is 2.06. The molecule has 0 fully saturated rings. The SMILES string of the molecule is CCNC(CCOCC)c1cnccc1N. The molecule has 0 aliphatic carbocycles. The summed E-state index contributed by atoms with van der Waals surface area (Å²) >= 11 is 0. The number of pyridine rings is 1. The van der Waals surface area contributed by atoms with E-state index in [1.54, 1.807) is 6.20 Å². The monoisotopic (exact) mass is 223 g/mol. The number of hydrogen-bond donors (Lipinski definition) is 2. The summed E-state index contributed by atoms with van der Waals surface area (Å²) < 4.78 is 5.37. The lowest BCUT2D eigenvalue weighted by atomic mass is 10.0. The van der Waals surface area contributed by atoms with Gasteiger partial charge in [-0.15, -0.1) is 0 Å². The van der Waals surface area contributed by atoms with Gasteiger partial charge in [-0.3, -0.25) is 4.98 Å². The van der Waals surface area contributed by atoms with E-state index in [1.165, 1.54) is 0 Å². The molecule has 1 rings (SSSR count). The van der Waals surface area contributed by atoms with Gasteiger partial charge in [-0.1, -0.05) is 6.92 Å². The standard InChI is InChI=1S/C12H21N3O/c1-3-15-12(6-8-16-4-2)10-9-14-7-5-11(10)13/h5,7,9,12,15H,3-4,6,8H2,1-2H3,(H2,13,14). The first kappa shape index (κ1) is 12.9. The van der Waals surface area contributed by atoms with Crippen molar-refractivity contribution in [3.63, 3.8) is 0 Å². The van der Waals surface area contributed by atoms with Gasteiger partial charge in [-0.2, -0.15) is 0 Å². The van der Waals surface area contributed by atoms with Crippen molar-refractivity contribution in [1.29, 1.82) is 0 Å². The Morgan fingerprint density at radius 2 is 2.31 bits per heavy atom. The topological polar surface area (TPSA) is 60.2 Å². The van der Waals surface area contributed by atoms with E-state index in [0.29, 0.717) is 0 Å². The largest absolute Gasteiger partial charge is 0.398 e. The Balaban J connectivity index is 2.65. The molecule has 0 saturated carbocycles. The quantitative estimate of drug-likeness (QED) is 0.691. The predicted molar refractivity (Wildman–Crippen MR) is 66.2 cm³/mol. The fourth-order valence-electron chi connectivity index (χ4n) is 1.67. The zero-order chi connectivity index (χ0) is 11.8. The van der Waals surface area contributed by atoms with Crippen LogP contribution in [0.25, 0.3) is 0 Å². The lowest BCUT2D eigenvalue weighted by Crippen LogP contribution is -2.23. The zero-order valence-electron chi connectivity index (χ0n) is 10.1. The van der Waals surface area contributed by atoms with Crippen molar-refractivity contribution in [2.45, 2.75) is 26.3 Å². The zero-order valence-corrected chi connectivity index (χ0v) is 10.1. The highest BCUT2D eigenvalue weighted by atomic mass is 16.5. The normalized spacial score (nSPS) is 12.6. The summed E-state index contributed by atoms with van der Waals surface area (Å²) in [5, 5.41) is 3.40. The highest BCUT2D eigenvalue weighted by Gasteiger charge is 2.12. The molecular formula is C12H21N3O. The number of rotatable bonds is 7. The van der Waals surface area contributed by atoms with Crippen LogP contribution in [0.1, 0.15) is 31.9 Å². The molecule has 16 heavy (non-hydrogen) atoms. The van der Waals surface area contributed by atoms with Crippen LogP contribution in [-0.2, 0) is 4.74 Å². The molecule has 0 radical (unpaired) electrons. The van der Waals surface area contributed by atoms with E-state index in [-0.39, 0.29) is 6.04 Å². The van der Waals surface area contributed by atoms with Crippen molar-refractivity contribution < 1.29 is 4.74 Å². The van der Waals surface area contributed by atoms with Crippen molar-refractivity contribution >= 4 is 5.69 Å². The molecule has 1 aromatic rings. The maximum Gasteiger partial charge on any atom is 0.0484 e. The van der Waals surface area contributed by atoms with Crippen molar-refractivity contribution in [2.75, 3.05) is 25.5 Å². The Bertz CT molecular complexity index is 304. The summed E-state index contributed by atoms with van der Waals surface area (Å²) in [6.07, 6.45) is 4.45. The third kappa shape index (κ3) is 3.79. The Kier molecular flexibility index (Phi) is 5.82. The van der Waals surface area contributed by atoms with E-state index in [1.807, 2.05) is 19.2 Å². The number of ether oxygens (including phenoxy) is 1. The van der Waals surface area contributed by atoms with E-state index in [9.17, 15) is 0 Å². The minimum Gasteiger partial charge on any atom is -0.398 e. The van der Waals surface area contributed by atoms with Crippen molar-refractivity contribution in [2.24, 2.45) is 0 Å². The first-order chi connectivity index (χ1) is 7.79. The molecule has 4 heteroatoms. The van der Waals surface area contributed by atoms with Crippen LogP contribution in [0.5, 0.6) is 0 Å². The summed E-state index contributed by atoms with van der Waals surface area (Å²) in [5.74, 6) is 0. The van der Waals surface area contributed by atoms with Gasteiger partial charge in [0.2, 0.25) is 0 Å². The molecule has 1 heterocycles. The molecule has 1 unspecified atom stereocenters. The van der Waals surface area contributed by atoms with Gasteiger partial charge >= 0.3 is 0 Å². The van der Waals surface area contributed by atoms with Crippen LogP contribution in [0.2, 0.25) is 0 Å². The van der Waals surface area contributed by atoms with Crippen LogP contribution in [0, 0.1) is 0 Å². The highest BCUT2D eigenvalue weighted by molar-refractivity contribution is 5.46. The number of nitrogen functional groups attached to an aromatic ring is 1. The van der Waals surface area contributed by atoms with Gasteiger partial charge in [-0.05, 0) is 26.0 Å². The summed E-state index contributed by atoms with van der Waals surface area (Å²) in [4.78, 5) is 4.12. The molecule has 1 aromatic heterocycles. The molecular weight excluding hydrogens is 202 g/mol. The minimum atomic E-state index is 0.227. The molecule has 90 valence electrons.